The largest absolute Gasteiger partial charge is 0.444 e. The van der Waals surface area contributed by atoms with Crippen molar-refractivity contribution in [3.63, 3.8) is 0 Å². The number of H-pyrrole nitrogens is 1. The van der Waals surface area contributed by atoms with Gasteiger partial charge in [0, 0.05) is 65.4 Å². The SMILES string of the molecule is CC(C)(C)OC(=O)NCC1CCC(C(=O)NC(Cc2ccc(-c3ccc(C(=O)NC4CCN(C(=O)OC(C)(C)C)C4)cc3Cl)cc2)C(=O)Nc2ccc(-c3nn[nH]n3)cc2)CC1. The van der Waals surface area contributed by atoms with E-state index in [1.807, 2.05) is 65.8 Å². The number of likely N-dealkylation sites (tertiary alicyclic amines) is 1. The number of rotatable bonds is 12. The van der Waals surface area contributed by atoms with Gasteiger partial charge in [-0.25, -0.2) is 9.59 Å². The summed E-state index contributed by atoms with van der Waals surface area (Å²) in [6, 6.07) is 18.6. The minimum absolute atomic E-state index is 0.197. The van der Waals surface area contributed by atoms with Gasteiger partial charge in [-0.1, -0.05) is 41.9 Å². The van der Waals surface area contributed by atoms with Crippen LogP contribution in [-0.4, -0.2) is 98.4 Å². The molecule has 2 atom stereocenters. The maximum atomic E-state index is 13.9. The number of aromatic amines is 1. The first kappa shape index (κ1) is 45.5. The molecule has 2 unspecified atom stereocenters. The number of anilines is 1. The van der Waals surface area contributed by atoms with E-state index in [1.54, 1.807) is 47.4 Å². The van der Waals surface area contributed by atoms with E-state index in [1.165, 1.54) is 0 Å². The molecule has 2 heterocycles. The molecule has 1 saturated heterocycles. The van der Waals surface area contributed by atoms with E-state index in [2.05, 4.69) is 41.9 Å². The lowest BCUT2D eigenvalue weighted by Crippen LogP contribution is -2.48. The molecule has 5 N–H and O–H groups in total. The molecule has 1 aromatic heterocycles. The highest BCUT2D eigenvalue weighted by Gasteiger charge is 2.32. The van der Waals surface area contributed by atoms with Crippen molar-refractivity contribution >= 4 is 47.2 Å². The number of hydrogen-bond acceptors (Lipinski definition) is 10. The third-order valence-electron chi connectivity index (χ3n) is 10.7. The normalized spacial score (nSPS) is 18.3. The summed E-state index contributed by atoms with van der Waals surface area (Å²) in [4.78, 5) is 67.0. The number of alkyl carbamates (subject to hydrolysis) is 1. The number of tetrazole rings is 1. The number of amides is 5. The van der Waals surface area contributed by atoms with Crippen LogP contribution in [0, 0.1) is 11.8 Å². The van der Waals surface area contributed by atoms with Crippen LogP contribution < -0.4 is 21.3 Å². The summed E-state index contributed by atoms with van der Waals surface area (Å²) in [5.41, 5.74) is 2.79. The molecule has 0 spiro atoms. The van der Waals surface area contributed by atoms with Crippen LogP contribution in [0.1, 0.15) is 89.6 Å². The molecule has 0 bridgehead atoms. The maximum Gasteiger partial charge on any atom is 0.410 e. The first-order chi connectivity index (χ1) is 29.4. The van der Waals surface area contributed by atoms with E-state index < -0.39 is 29.4 Å². The van der Waals surface area contributed by atoms with Crippen LogP contribution in [0.5, 0.6) is 0 Å². The fraction of sp³-hybridized carbons (Fsp3) is 0.467. The summed E-state index contributed by atoms with van der Waals surface area (Å²) in [6.45, 7) is 12.2. The average Bonchev–Trinajstić information content (AvgIpc) is 3.93. The number of carbonyl (C=O) groups excluding carboxylic acids is 5. The zero-order valence-corrected chi connectivity index (χ0v) is 36.8. The van der Waals surface area contributed by atoms with Gasteiger partial charge >= 0.3 is 12.2 Å². The molecule has 330 valence electrons. The molecule has 5 amide bonds. The number of ether oxygens (including phenoxy) is 2. The molecule has 17 heteroatoms. The van der Waals surface area contributed by atoms with Crippen molar-refractivity contribution in [2.75, 3.05) is 25.0 Å². The lowest BCUT2D eigenvalue weighted by molar-refractivity contribution is -0.130. The highest BCUT2D eigenvalue weighted by molar-refractivity contribution is 6.33. The Morgan fingerprint density at radius 3 is 2.16 bits per heavy atom. The fourth-order valence-corrected chi connectivity index (χ4v) is 7.76. The highest BCUT2D eigenvalue weighted by atomic mass is 35.5. The molecule has 0 radical (unpaired) electrons. The van der Waals surface area contributed by atoms with Crippen molar-refractivity contribution in [2.45, 2.75) is 103 Å². The minimum Gasteiger partial charge on any atom is -0.444 e. The molecule has 1 aliphatic carbocycles. The summed E-state index contributed by atoms with van der Waals surface area (Å²) in [5.74, 6) is -0.506. The second-order valence-corrected chi connectivity index (χ2v) is 18.4. The molecule has 1 aliphatic heterocycles. The van der Waals surface area contributed by atoms with E-state index in [0.29, 0.717) is 66.6 Å². The van der Waals surface area contributed by atoms with E-state index in [0.717, 1.165) is 29.5 Å². The second-order valence-electron chi connectivity index (χ2n) is 17.9. The molecule has 2 fully saturated rings. The van der Waals surface area contributed by atoms with Crippen LogP contribution in [0.25, 0.3) is 22.5 Å². The molecule has 4 aromatic rings. The Balaban J connectivity index is 1.08. The van der Waals surface area contributed by atoms with Crippen molar-refractivity contribution < 1.29 is 33.4 Å². The summed E-state index contributed by atoms with van der Waals surface area (Å²) < 4.78 is 10.8. The van der Waals surface area contributed by atoms with Crippen LogP contribution in [0.2, 0.25) is 5.02 Å². The number of halogens is 1. The van der Waals surface area contributed by atoms with E-state index in [4.69, 9.17) is 21.1 Å². The lowest BCUT2D eigenvalue weighted by atomic mass is 9.81. The number of nitrogens with zero attached hydrogens (tertiary/aromatic N) is 4. The van der Waals surface area contributed by atoms with Gasteiger partial charge in [0.15, 0.2) is 0 Å². The smallest absolute Gasteiger partial charge is 0.410 e. The standard InChI is InChI=1S/C45H56ClN9O7/c1-44(2,3)61-42(59)47-25-28-9-13-31(14-10-28)39(56)50-37(41(58)48-33-18-15-30(16-19-33)38-51-53-54-52-38)23-27-7-11-29(12-8-27)35-20-17-32(24-36(35)46)40(57)49-34-21-22-55(26-34)43(60)62-45(4,5)6/h7-8,11-12,15-20,24,28,31,34,37H,9-10,13-14,21-23,25-26H2,1-6H3,(H,47,59)(H,48,58)(H,49,57)(H,50,56)(H,51,52,53,54). The quantitative estimate of drug-likeness (QED) is 0.0992. The summed E-state index contributed by atoms with van der Waals surface area (Å²) in [6.07, 6.45) is 2.73. The number of nitrogens with one attached hydrogen (secondary N) is 5. The third kappa shape index (κ3) is 13.0. The fourth-order valence-electron chi connectivity index (χ4n) is 7.47. The molecule has 3 aromatic carbocycles. The molecule has 6 rings (SSSR count). The maximum absolute atomic E-state index is 13.9. The van der Waals surface area contributed by atoms with Gasteiger partial charge < -0.3 is 35.6 Å². The molecule has 1 saturated carbocycles. The number of hydrogen-bond donors (Lipinski definition) is 5. The van der Waals surface area contributed by atoms with Gasteiger partial charge in [-0.15, -0.1) is 10.2 Å². The Kier molecular flexibility index (Phi) is 14.5. The van der Waals surface area contributed by atoms with Gasteiger partial charge in [-0.05, 0) is 132 Å². The zero-order valence-electron chi connectivity index (χ0n) is 36.0. The van der Waals surface area contributed by atoms with Gasteiger partial charge in [0.2, 0.25) is 17.6 Å². The molecule has 16 nitrogen and oxygen atoms in total. The number of aromatic nitrogens is 4. The van der Waals surface area contributed by atoms with Gasteiger partial charge in [-0.2, -0.15) is 5.21 Å². The summed E-state index contributed by atoms with van der Waals surface area (Å²) in [7, 11) is 0. The van der Waals surface area contributed by atoms with E-state index >= 15 is 0 Å². The van der Waals surface area contributed by atoms with Crippen molar-refractivity contribution in [2.24, 2.45) is 11.8 Å². The predicted octanol–water partition coefficient (Wildman–Crippen LogP) is 6.92. The van der Waals surface area contributed by atoms with E-state index in [9.17, 15) is 24.0 Å². The predicted molar refractivity (Wildman–Crippen MR) is 234 cm³/mol. The van der Waals surface area contributed by atoms with Crippen LogP contribution >= 0.6 is 11.6 Å². The van der Waals surface area contributed by atoms with Crippen molar-refractivity contribution in [3.05, 3.63) is 82.9 Å². The highest BCUT2D eigenvalue weighted by Crippen LogP contribution is 2.31. The molecular weight excluding hydrogens is 814 g/mol. The monoisotopic (exact) mass is 869 g/mol. The first-order valence-corrected chi connectivity index (χ1v) is 21.4. The van der Waals surface area contributed by atoms with Crippen LogP contribution in [0.3, 0.4) is 0 Å². The minimum atomic E-state index is -0.894. The number of benzene rings is 3. The average molecular weight is 870 g/mol. The topological polar surface area (TPSA) is 210 Å². The lowest BCUT2D eigenvalue weighted by Gasteiger charge is -2.29. The third-order valence-corrected chi connectivity index (χ3v) is 11.0. The summed E-state index contributed by atoms with van der Waals surface area (Å²) in [5, 5.41) is 26.2. The van der Waals surface area contributed by atoms with E-state index in [-0.39, 0.29) is 42.0 Å². The Bertz CT molecular complexity index is 2200. The van der Waals surface area contributed by atoms with Crippen molar-refractivity contribution in [1.29, 1.82) is 0 Å². The van der Waals surface area contributed by atoms with Gasteiger partial charge in [-0.3, -0.25) is 14.4 Å². The zero-order chi connectivity index (χ0) is 44.6. The van der Waals surface area contributed by atoms with Crippen molar-refractivity contribution in [1.82, 2.24) is 41.5 Å². The Hall–Kier alpha value is -6.03. The Morgan fingerprint density at radius 2 is 1.53 bits per heavy atom. The van der Waals surface area contributed by atoms with Crippen molar-refractivity contribution in [3.8, 4) is 22.5 Å². The molecular formula is C45H56ClN9O7. The second kappa shape index (κ2) is 19.8. The number of carbonyl (C=O) groups is 5. The Labute approximate surface area is 366 Å². The van der Waals surface area contributed by atoms with Crippen LogP contribution in [0.15, 0.2) is 66.7 Å². The van der Waals surface area contributed by atoms with Crippen LogP contribution in [-0.2, 0) is 25.5 Å². The molecule has 62 heavy (non-hydrogen) atoms. The van der Waals surface area contributed by atoms with Gasteiger partial charge in [0.1, 0.15) is 17.2 Å². The van der Waals surface area contributed by atoms with Crippen LogP contribution in [0.4, 0.5) is 15.3 Å². The van der Waals surface area contributed by atoms with Gasteiger partial charge in [0.25, 0.3) is 5.91 Å². The Morgan fingerprint density at radius 1 is 0.855 bits per heavy atom. The summed E-state index contributed by atoms with van der Waals surface area (Å²) >= 11 is 6.74. The van der Waals surface area contributed by atoms with Gasteiger partial charge in [0.05, 0.1) is 0 Å². The molecule has 2 aliphatic rings. The first-order valence-electron chi connectivity index (χ1n) is 21.0.